The van der Waals surface area contributed by atoms with Crippen LogP contribution in [0.25, 0.3) is 0 Å². The van der Waals surface area contributed by atoms with E-state index in [-0.39, 0.29) is 22.3 Å². The number of benzene rings is 2. The van der Waals surface area contributed by atoms with Crippen molar-refractivity contribution in [2.24, 2.45) is 23.2 Å². The highest BCUT2D eigenvalue weighted by Crippen LogP contribution is 2.61. The molecule has 33 heavy (non-hydrogen) atoms. The molecule has 4 aliphatic rings. The van der Waals surface area contributed by atoms with Crippen molar-refractivity contribution < 1.29 is 13.2 Å². The van der Waals surface area contributed by atoms with Gasteiger partial charge in [-0.3, -0.25) is 9.10 Å². The average Bonchev–Trinajstić information content (AvgIpc) is 2.79. The molecule has 2 aromatic rings. The maximum absolute atomic E-state index is 13.2. The van der Waals surface area contributed by atoms with Gasteiger partial charge in [0.2, 0.25) is 0 Å². The number of carbonyl (C=O) groups excluding carboxylic acids is 1. The summed E-state index contributed by atoms with van der Waals surface area (Å²) in [5, 5.41) is 3.27. The van der Waals surface area contributed by atoms with E-state index in [2.05, 4.69) is 12.2 Å². The van der Waals surface area contributed by atoms with Crippen molar-refractivity contribution in [2.75, 3.05) is 10.8 Å². The van der Waals surface area contributed by atoms with Crippen molar-refractivity contribution in [1.29, 1.82) is 0 Å². The molecule has 1 unspecified atom stereocenters. The van der Waals surface area contributed by atoms with E-state index in [1.165, 1.54) is 42.8 Å². The van der Waals surface area contributed by atoms with Crippen LogP contribution >= 0.6 is 0 Å². The molecule has 176 valence electrons. The van der Waals surface area contributed by atoms with Gasteiger partial charge in [0.15, 0.2) is 0 Å². The Morgan fingerprint density at radius 1 is 0.970 bits per heavy atom. The first-order valence-corrected chi connectivity index (χ1v) is 13.7. The van der Waals surface area contributed by atoms with Crippen molar-refractivity contribution in [1.82, 2.24) is 5.32 Å². The molecule has 5 nitrogen and oxygen atoms in total. The lowest BCUT2D eigenvalue weighted by Gasteiger charge is -2.59. The number of carbonyl (C=O) groups is 1. The summed E-state index contributed by atoms with van der Waals surface area (Å²) in [6.45, 7) is 4.32. The highest BCUT2D eigenvalue weighted by Gasteiger charge is 2.53. The van der Waals surface area contributed by atoms with Crippen LogP contribution in [0.5, 0.6) is 0 Å². The lowest BCUT2D eigenvalue weighted by molar-refractivity contribution is -0.0688. The Morgan fingerprint density at radius 2 is 1.52 bits per heavy atom. The third-order valence-electron chi connectivity index (χ3n) is 8.39. The lowest BCUT2D eigenvalue weighted by Crippen LogP contribution is -2.55. The van der Waals surface area contributed by atoms with E-state index in [4.69, 9.17) is 0 Å². The molecule has 6 heteroatoms. The molecule has 6 rings (SSSR count). The molecule has 1 amide bonds. The van der Waals surface area contributed by atoms with Crippen LogP contribution in [0.1, 0.15) is 62.7 Å². The molecule has 2 aromatic carbocycles. The number of amides is 1. The molecule has 4 saturated carbocycles. The molecule has 4 fully saturated rings. The summed E-state index contributed by atoms with van der Waals surface area (Å²) >= 11 is 0. The van der Waals surface area contributed by atoms with Crippen LogP contribution in [-0.2, 0) is 10.0 Å². The Balaban J connectivity index is 1.30. The smallest absolute Gasteiger partial charge is 0.264 e. The van der Waals surface area contributed by atoms with Crippen molar-refractivity contribution >= 4 is 21.6 Å². The van der Waals surface area contributed by atoms with Crippen LogP contribution in [0.15, 0.2) is 59.5 Å². The molecular weight excluding hydrogens is 432 g/mol. The van der Waals surface area contributed by atoms with E-state index in [9.17, 15) is 13.2 Å². The first-order valence-electron chi connectivity index (χ1n) is 12.3. The van der Waals surface area contributed by atoms with Crippen LogP contribution < -0.4 is 9.62 Å². The molecule has 1 N–H and O–H groups in total. The van der Waals surface area contributed by atoms with Crippen LogP contribution in [0, 0.1) is 23.2 Å². The van der Waals surface area contributed by atoms with Crippen molar-refractivity contribution in [3.05, 3.63) is 60.2 Å². The fraction of sp³-hybridized carbons (Fsp3) is 0.519. The second-order valence-electron chi connectivity index (χ2n) is 10.5. The van der Waals surface area contributed by atoms with Gasteiger partial charge >= 0.3 is 0 Å². The minimum absolute atomic E-state index is 0.113. The standard InChI is InChI=1S/C27H34N2O3S/c1-3-29(24-7-5-4-6-8-24)33(31,32)25-11-9-23(10-12-25)26(30)28-19(2)27-16-20-13-21(17-27)15-22(14-20)18-27/h4-12,19-22H,3,13-18H2,1-2H3,(H,28,30). The molecule has 0 heterocycles. The second kappa shape index (κ2) is 8.46. The molecule has 0 saturated heterocycles. The third kappa shape index (κ3) is 4.07. The predicted molar refractivity (Wildman–Crippen MR) is 131 cm³/mol. The van der Waals surface area contributed by atoms with E-state index in [1.54, 1.807) is 36.4 Å². The molecule has 0 aromatic heterocycles. The molecule has 0 spiro atoms. The highest BCUT2D eigenvalue weighted by molar-refractivity contribution is 7.92. The summed E-state index contributed by atoms with van der Waals surface area (Å²) in [6.07, 6.45) is 7.87. The van der Waals surface area contributed by atoms with Gasteiger partial charge in [-0.25, -0.2) is 8.42 Å². The van der Waals surface area contributed by atoms with Gasteiger partial charge in [-0.15, -0.1) is 0 Å². The Morgan fingerprint density at radius 3 is 2.03 bits per heavy atom. The number of anilines is 1. The van der Waals surface area contributed by atoms with Gasteiger partial charge in [0.1, 0.15) is 0 Å². The first-order chi connectivity index (χ1) is 15.8. The van der Waals surface area contributed by atoms with E-state index in [0.717, 1.165) is 17.8 Å². The predicted octanol–water partition coefficient (Wildman–Crippen LogP) is 5.24. The molecular formula is C27H34N2O3S. The van der Waals surface area contributed by atoms with Gasteiger partial charge in [0.25, 0.3) is 15.9 Å². The van der Waals surface area contributed by atoms with E-state index >= 15 is 0 Å². The molecule has 1 atom stereocenters. The van der Waals surface area contributed by atoms with E-state index in [1.807, 2.05) is 25.1 Å². The quantitative estimate of drug-likeness (QED) is 0.607. The normalized spacial score (nSPS) is 29.0. The van der Waals surface area contributed by atoms with Crippen molar-refractivity contribution in [2.45, 2.75) is 63.3 Å². The van der Waals surface area contributed by atoms with E-state index < -0.39 is 10.0 Å². The number of hydrogen-bond acceptors (Lipinski definition) is 3. The van der Waals surface area contributed by atoms with Gasteiger partial charge in [-0.05, 0) is 112 Å². The van der Waals surface area contributed by atoms with Crippen molar-refractivity contribution in [3.8, 4) is 0 Å². The summed E-state index contributed by atoms with van der Waals surface area (Å²) in [6, 6.07) is 15.6. The van der Waals surface area contributed by atoms with Crippen LogP contribution in [0.4, 0.5) is 5.69 Å². The third-order valence-corrected chi connectivity index (χ3v) is 10.3. The molecule has 4 bridgehead atoms. The summed E-state index contributed by atoms with van der Waals surface area (Å²) < 4.78 is 27.8. The fourth-order valence-electron chi connectivity index (χ4n) is 7.13. The zero-order valence-electron chi connectivity index (χ0n) is 19.5. The van der Waals surface area contributed by atoms with Gasteiger partial charge < -0.3 is 5.32 Å². The number of hydrogen-bond donors (Lipinski definition) is 1. The molecule has 4 aliphatic carbocycles. The van der Waals surface area contributed by atoms with Gasteiger partial charge in [0.05, 0.1) is 10.6 Å². The Kier molecular flexibility index (Phi) is 5.76. The fourth-order valence-corrected chi connectivity index (χ4v) is 8.61. The van der Waals surface area contributed by atoms with Crippen LogP contribution in [0.3, 0.4) is 0 Å². The SMILES string of the molecule is CCN(c1ccccc1)S(=O)(=O)c1ccc(C(=O)NC(C)C23CC4CC(CC(C4)C2)C3)cc1. The Labute approximate surface area is 197 Å². The zero-order valence-corrected chi connectivity index (χ0v) is 20.4. The number of rotatable bonds is 7. The zero-order chi connectivity index (χ0) is 23.2. The maximum Gasteiger partial charge on any atom is 0.264 e. The maximum atomic E-state index is 13.2. The monoisotopic (exact) mass is 466 g/mol. The summed E-state index contributed by atoms with van der Waals surface area (Å²) in [7, 11) is -3.70. The lowest BCUT2D eigenvalue weighted by atomic mass is 9.48. The van der Waals surface area contributed by atoms with Crippen LogP contribution in [-0.4, -0.2) is 26.9 Å². The summed E-state index contributed by atoms with van der Waals surface area (Å²) in [4.78, 5) is 13.2. The van der Waals surface area contributed by atoms with Crippen molar-refractivity contribution in [3.63, 3.8) is 0 Å². The minimum atomic E-state index is -3.70. The largest absolute Gasteiger partial charge is 0.349 e. The second-order valence-corrected chi connectivity index (χ2v) is 12.4. The summed E-state index contributed by atoms with van der Waals surface area (Å²) in [5.74, 6) is 2.40. The number of nitrogens with one attached hydrogen (secondary N) is 1. The molecule has 0 aliphatic heterocycles. The first kappa shape index (κ1) is 22.5. The minimum Gasteiger partial charge on any atom is -0.349 e. The topological polar surface area (TPSA) is 66.5 Å². The average molecular weight is 467 g/mol. The highest BCUT2D eigenvalue weighted by atomic mass is 32.2. The van der Waals surface area contributed by atoms with Crippen LogP contribution in [0.2, 0.25) is 0 Å². The number of nitrogens with zero attached hydrogens (tertiary/aromatic N) is 1. The van der Waals surface area contributed by atoms with Gasteiger partial charge in [-0.2, -0.15) is 0 Å². The Hall–Kier alpha value is -2.34. The number of sulfonamides is 1. The van der Waals surface area contributed by atoms with Gasteiger partial charge in [0, 0.05) is 18.2 Å². The number of para-hydroxylation sites is 1. The summed E-state index contributed by atoms with van der Waals surface area (Å²) in [5.41, 5.74) is 1.38. The molecule has 0 radical (unpaired) electrons. The Bertz CT molecular complexity index is 1080. The van der Waals surface area contributed by atoms with Gasteiger partial charge in [-0.1, -0.05) is 18.2 Å². The van der Waals surface area contributed by atoms with E-state index in [0.29, 0.717) is 17.8 Å².